The molecule has 0 aliphatic heterocycles. The summed E-state index contributed by atoms with van der Waals surface area (Å²) >= 11 is 3.13. The number of thiazole rings is 2. The van der Waals surface area contributed by atoms with E-state index in [9.17, 15) is 0 Å². The molecule has 6 heteroatoms. The maximum atomic E-state index is 4.46. The summed E-state index contributed by atoms with van der Waals surface area (Å²) in [5.41, 5.74) is 0.906. The Bertz CT molecular complexity index is 589. The normalized spacial score (nSPS) is 10.4. The summed E-state index contributed by atoms with van der Waals surface area (Å²) in [4.78, 5) is 12.9. The SMILES string of the molecule is c1ccc(Nc2nc(-c3nccs3)cs2)nc1. The molecule has 0 unspecified atom stereocenters. The minimum Gasteiger partial charge on any atom is -0.316 e. The zero-order valence-corrected chi connectivity index (χ0v) is 10.3. The van der Waals surface area contributed by atoms with E-state index >= 15 is 0 Å². The summed E-state index contributed by atoms with van der Waals surface area (Å²) < 4.78 is 0. The van der Waals surface area contributed by atoms with Gasteiger partial charge in [-0.3, -0.25) is 0 Å². The number of hydrogen-bond donors (Lipinski definition) is 1. The van der Waals surface area contributed by atoms with Crippen molar-refractivity contribution in [3.63, 3.8) is 0 Å². The number of rotatable bonds is 3. The van der Waals surface area contributed by atoms with Crippen molar-refractivity contribution in [2.75, 3.05) is 5.32 Å². The van der Waals surface area contributed by atoms with Crippen LogP contribution in [0.3, 0.4) is 0 Å². The molecule has 0 fully saturated rings. The molecular formula is C11H8N4S2. The minimum absolute atomic E-state index is 0.799. The summed E-state index contributed by atoms with van der Waals surface area (Å²) in [6.07, 6.45) is 3.53. The van der Waals surface area contributed by atoms with Crippen LogP contribution in [-0.2, 0) is 0 Å². The highest BCUT2D eigenvalue weighted by molar-refractivity contribution is 7.15. The average Bonchev–Trinajstić information content (AvgIpc) is 3.00. The summed E-state index contributed by atoms with van der Waals surface area (Å²) in [6.45, 7) is 0. The molecule has 0 aliphatic rings. The fourth-order valence-electron chi connectivity index (χ4n) is 1.33. The van der Waals surface area contributed by atoms with E-state index in [2.05, 4.69) is 20.3 Å². The maximum absolute atomic E-state index is 4.46. The zero-order chi connectivity index (χ0) is 11.5. The lowest BCUT2D eigenvalue weighted by atomic mass is 10.5. The molecule has 0 aromatic carbocycles. The first-order valence-electron chi connectivity index (χ1n) is 4.95. The van der Waals surface area contributed by atoms with Crippen molar-refractivity contribution >= 4 is 33.6 Å². The van der Waals surface area contributed by atoms with Gasteiger partial charge in [0.05, 0.1) is 0 Å². The highest BCUT2D eigenvalue weighted by Crippen LogP contribution is 2.27. The zero-order valence-electron chi connectivity index (χ0n) is 8.70. The predicted octanol–water partition coefficient (Wildman–Crippen LogP) is 3.41. The second-order valence-electron chi connectivity index (χ2n) is 3.22. The van der Waals surface area contributed by atoms with Crippen LogP contribution in [0.5, 0.6) is 0 Å². The molecule has 1 N–H and O–H groups in total. The third-order valence-electron chi connectivity index (χ3n) is 2.06. The Morgan fingerprint density at radius 2 is 2.06 bits per heavy atom. The van der Waals surface area contributed by atoms with Crippen LogP contribution >= 0.6 is 22.7 Å². The lowest BCUT2D eigenvalue weighted by Crippen LogP contribution is -1.91. The van der Waals surface area contributed by atoms with Crippen molar-refractivity contribution in [3.05, 3.63) is 41.4 Å². The van der Waals surface area contributed by atoms with Crippen LogP contribution < -0.4 is 5.32 Å². The largest absolute Gasteiger partial charge is 0.316 e. The van der Waals surface area contributed by atoms with E-state index in [1.165, 1.54) is 0 Å². The standard InChI is InChI=1S/C11H8N4S2/c1-2-4-12-9(3-1)15-11-14-8(7-17-11)10-13-5-6-16-10/h1-7H,(H,12,14,15). The van der Waals surface area contributed by atoms with Crippen molar-refractivity contribution in [1.82, 2.24) is 15.0 Å². The van der Waals surface area contributed by atoms with E-state index in [0.717, 1.165) is 21.7 Å². The van der Waals surface area contributed by atoms with E-state index in [0.29, 0.717) is 0 Å². The second-order valence-corrected chi connectivity index (χ2v) is 4.97. The molecule has 4 nitrogen and oxygen atoms in total. The van der Waals surface area contributed by atoms with Crippen molar-refractivity contribution in [2.24, 2.45) is 0 Å². The minimum atomic E-state index is 0.799. The van der Waals surface area contributed by atoms with Gasteiger partial charge >= 0.3 is 0 Å². The first-order valence-corrected chi connectivity index (χ1v) is 6.71. The van der Waals surface area contributed by atoms with Crippen LogP contribution in [0, 0.1) is 0 Å². The molecular weight excluding hydrogens is 252 g/mol. The Balaban J connectivity index is 1.82. The molecule has 3 aromatic rings. The molecule has 0 bridgehead atoms. The molecule has 3 rings (SSSR count). The van der Waals surface area contributed by atoms with Gasteiger partial charge in [0.15, 0.2) is 5.13 Å². The molecule has 0 spiro atoms. The van der Waals surface area contributed by atoms with Gasteiger partial charge in [0.1, 0.15) is 16.5 Å². The molecule has 3 heterocycles. The molecule has 0 amide bonds. The Hall–Kier alpha value is -1.79. The van der Waals surface area contributed by atoms with Crippen molar-refractivity contribution in [1.29, 1.82) is 0 Å². The summed E-state index contributed by atoms with van der Waals surface area (Å²) in [5, 5.41) is 8.86. The molecule has 0 saturated heterocycles. The topological polar surface area (TPSA) is 50.7 Å². The van der Waals surface area contributed by atoms with Gasteiger partial charge in [-0.15, -0.1) is 22.7 Å². The molecule has 0 atom stereocenters. The molecule has 84 valence electrons. The Morgan fingerprint density at radius 1 is 1.06 bits per heavy atom. The monoisotopic (exact) mass is 260 g/mol. The Kier molecular flexibility index (Phi) is 2.81. The number of nitrogens with zero attached hydrogens (tertiary/aromatic N) is 3. The van der Waals surface area contributed by atoms with Gasteiger partial charge < -0.3 is 5.32 Å². The molecule has 17 heavy (non-hydrogen) atoms. The van der Waals surface area contributed by atoms with Gasteiger partial charge in [-0.1, -0.05) is 6.07 Å². The van der Waals surface area contributed by atoms with Gasteiger partial charge in [-0.05, 0) is 12.1 Å². The second kappa shape index (κ2) is 4.60. The van der Waals surface area contributed by atoms with Crippen LogP contribution in [0.4, 0.5) is 10.9 Å². The average molecular weight is 260 g/mol. The van der Waals surface area contributed by atoms with Crippen molar-refractivity contribution < 1.29 is 0 Å². The molecule has 0 saturated carbocycles. The van der Waals surface area contributed by atoms with E-state index in [-0.39, 0.29) is 0 Å². The van der Waals surface area contributed by atoms with Gasteiger partial charge in [-0.25, -0.2) is 15.0 Å². The predicted molar refractivity (Wildman–Crippen MR) is 70.7 cm³/mol. The quantitative estimate of drug-likeness (QED) is 0.784. The maximum Gasteiger partial charge on any atom is 0.188 e. The Labute approximate surface area is 106 Å². The van der Waals surface area contributed by atoms with Crippen LogP contribution in [0.15, 0.2) is 41.4 Å². The number of nitrogens with one attached hydrogen (secondary N) is 1. The summed E-state index contributed by atoms with van der Waals surface area (Å²) in [5.74, 6) is 0.799. The molecule has 0 radical (unpaired) electrons. The van der Waals surface area contributed by atoms with E-state index in [1.54, 1.807) is 35.1 Å². The molecule has 0 aliphatic carbocycles. The fraction of sp³-hybridized carbons (Fsp3) is 0. The van der Waals surface area contributed by atoms with E-state index in [4.69, 9.17) is 0 Å². The van der Waals surface area contributed by atoms with Crippen LogP contribution in [0.2, 0.25) is 0 Å². The summed E-state index contributed by atoms with van der Waals surface area (Å²) in [6, 6.07) is 5.73. The molecule has 3 aromatic heterocycles. The Morgan fingerprint density at radius 3 is 2.82 bits per heavy atom. The van der Waals surface area contributed by atoms with Crippen LogP contribution in [0.1, 0.15) is 0 Å². The van der Waals surface area contributed by atoms with Gasteiger partial charge in [0, 0.05) is 23.2 Å². The number of pyridine rings is 1. The van der Waals surface area contributed by atoms with Crippen molar-refractivity contribution in [2.45, 2.75) is 0 Å². The smallest absolute Gasteiger partial charge is 0.188 e. The first kappa shape index (κ1) is 10.4. The van der Waals surface area contributed by atoms with Crippen molar-refractivity contribution in [3.8, 4) is 10.7 Å². The third-order valence-corrected chi connectivity index (χ3v) is 3.61. The number of hydrogen-bond acceptors (Lipinski definition) is 6. The van der Waals surface area contributed by atoms with E-state index < -0.39 is 0 Å². The van der Waals surface area contributed by atoms with Crippen LogP contribution in [-0.4, -0.2) is 15.0 Å². The fourth-order valence-corrected chi connectivity index (χ4v) is 2.70. The highest BCUT2D eigenvalue weighted by Gasteiger charge is 2.06. The van der Waals surface area contributed by atoms with Crippen LogP contribution in [0.25, 0.3) is 10.7 Å². The third kappa shape index (κ3) is 2.32. The first-order chi connectivity index (χ1) is 8.42. The number of aromatic nitrogens is 3. The number of anilines is 2. The lowest BCUT2D eigenvalue weighted by molar-refractivity contribution is 1.28. The summed E-state index contributed by atoms with van der Waals surface area (Å²) in [7, 11) is 0. The van der Waals surface area contributed by atoms with Gasteiger partial charge in [0.25, 0.3) is 0 Å². The lowest BCUT2D eigenvalue weighted by Gasteiger charge is -1.98. The highest BCUT2D eigenvalue weighted by atomic mass is 32.1. The van der Waals surface area contributed by atoms with E-state index in [1.807, 2.05) is 29.0 Å². The van der Waals surface area contributed by atoms with Gasteiger partial charge in [-0.2, -0.15) is 0 Å². The van der Waals surface area contributed by atoms with Gasteiger partial charge in [0.2, 0.25) is 0 Å².